The molecule has 0 aliphatic carbocycles. The molecule has 4 rings (SSSR count). The van der Waals surface area contributed by atoms with Crippen LogP contribution < -0.4 is 10.9 Å². The number of benzene rings is 1. The summed E-state index contributed by atoms with van der Waals surface area (Å²) >= 11 is 0. The average molecular weight is 472 g/mol. The number of ether oxygens (including phenoxy) is 1. The highest BCUT2D eigenvalue weighted by atomic mass is 32.2. The van der Waals surface area contributed by atoms with E-state index in [0.717, 1.165) is 36.4 Å². The van der Waals surface area contributed by atoms with E-state index < -0.39 is 10.0 Å². The molecule has 1 unspecified atom stereocenters. The van der Waals surface area contributed by atoms with Crippen LogP contribution in [0.3, 0.4) is 0 Å². The lowest BCUT2D eigenvalue weighted by Gasteiger charge is -2.32. The van der Waals surface area contributed by atoms with Crippen LogP contribution in [0.1, 0.15) is 17.7 Å². The summed E-state index contributed by atoms with van der Waals surface area (Å²) in [5.41, 5.74) is 10.3. The summed E-state index contributed by atoms with van der Waals surface area (Å²) in [6.45, 7) is 4.17. The smallest absolute Gasteiger partial charge is 0.238 e. The van der Waals surface area contributed by atoms with Crippen LogP contribution in [-0.2, 0) is 28.2 Å². The summed E-state index contributed by atoms with van der Waals surface area (Å²) in [7, 11) is 0.0299. The maximum absolute atomic E-state index is 12.1. The van der Waals surface area contributed by atoms with Gasteiger partial charge in [-0.3, -0.25) is 9.58 Å². The lowest BCUT2D eigenvalue weighted by Crippen LogP contribution is -2.42. The van der Waals surface area contributed by atoms with Crippen molar-refractivity contribution in [3.63, 3.8) is 0 Å². The number of nitrogen functional groups attached to an aromatic ring is 1. The fraction of sp³-hybridized carbons (Fsp3) is 0.409. The average Bonchev–Trinajstić information content (AvgIpc) is 3.10. The van der Waals surface area contributed by atoms with Crippen LogP contribution in [0.5, 0.6) is 0 Å². The van der Waals surface area contributed by atoms with E-state index in [1.165, 1.54) is 6.07 Å². The number of nitrogens with zero attached hydrogens (tertiary/aromatic N) is 5. The van der Waals surface area contributed by atoms with Gasteiger partial charge in [-0.15, -0.1) is 0 Å². The summed E-state index contributed by atoms with van der Waals surface area (Å²) in [6, 6.07) is 5.18. The molecule has 2 aromatic heterocycles. The third-order valence-corrected chi connectivity index (χ3v) is 6.94. The molecule has 1 aliphatic rings. The molecular formula is C22H29N7O3S. The van der Waals surface area contributed by atoms with Crippen LogP contribution >= 0.6 is 0 Å². The van der Waals surface area contributed by atoms with Crippen molar-refractivity contribution in [2.75, 3.05) is 32.5 Å². The van der Waals surface area contributed by atoms with Crippen molar-refractivity contribution in [1.29, 1.82) is 0 Å². The number of rotatable bonds is 6. The van der Waals surface area contributed by atoms with Gasteiger partial charge in [0.25, 0.3) is 0 Å². The van der Waals surface area contributed by atoms with Crippen LogP contribution in [0.4, 0.5) is 5.82 Å². The molecule has 1 atom stereocenters. The Morgan fingerprint density at radius 1 is 1.24 bits per heavy atom. The van der Waals surface area contributed by atoms with E-state index in [9.17, 15) is 8.42 Å². The van der Waals surface area contributed by atoms with Gasteiger partial charge in [-0.2, -0.15) is 5.10 Å². The lowest BCUT2D eigenvalue weighted by molar-refractivity contribution is 0.00313. The predicted octanol–water partition coefficient (Wildman–Crippen LogP) is 1.35. The van der Waals surface area contributed by atoms with Crippen LogP contribution in [0.2, 0.25) is 0 Å². The molecule has 0 bridgehead atoms. The molecule has 3 heterocycles. The second kappa shape index (κ2) is 9.18. The Morgan fingerprint density at radius 3 is 2.70 bits per heavy atom. The number of sulfonamides is 1. The summed E-state index contributed by atoms with van der Waals surface area (Å²) < 4.78 is 31.4. The highest BCUT2D eigenvalue weighted by Gasteiger charge is 2.22. The zero-order valence-corrected chi connectivity index (χ0v) is 19.8. The zero-order chi connectivity index (χ0) is 23.8. The lowest BCUT2D eigenvalue weighted by atomic mass is 9.97. The van der Waals surface area contributed by atoms with Crippen LogP contribution in [0.15, 0.2) is 35.5 Å². The fourth-order valence-corrected chi connectivity index (χ4v) is 4.65. The predicted molar refractivity (Wildman–Crippen MR) is 126 cm³/mol. The second-order valence-corrected chi connectivity index (χ2v) is 9.96. The summed E-state index contributed by atoms with van der Waals surface area (Å²) in [5.74, 6) is 0.278. The van der Waals surface area contributed by atoms with Crippen molar-refractivity contribution < 1.29 is 13.2 Å². The molecule has 0 radical (unpaired) electrons. The molecule has 0 spiro atoms. The van der Waals surface area contributed by atoms with Gasteiger partial charge in [0.1, 0.15) is 11.5 Å². The normalized spacial score (nSPS) is 17.4. The van der Waals surface area contributed by atoms with Crippen LogP contribution in [-0.4, -0.2) is 65.9 Å². The van der Waals surface area contributed by atoms with Gasteiger partial charge in [-0.1, -0.05) is 6.07 Å². The summed E-state index contributed by atoms with van der Waals surface area (Å²) in [5, 5.41) is 9.78. The van der Waals surface area contributed by atoms with E-state index in [0.29, 0.717) is 30.0 Å². The van der Waals surface area contributed by atoms with E-state index in [-0.39, 0.29) is 16.8 Å². The third-order valence-electron chi connectivity index (χ3n) is 6.02. The molecule has 1 aliphatic heterocycles. The maximum Gasteiger partial charge on any atom is 0.238 e. The van der Waals surface area contributed by atoms with Crippen molar-refractivity contribution in [1.82, 2.24) is 24.6 Å². The summed E-state index contributed by atoms with van der Waals surface area (Å²) in [6.07, 6.45) is 4.97. The van der Waals surface area contributed by atoms with Gasteiger partial charge in [0.05, 0.1) is 35.7 Å². The topological polar surface area (TPSA) is 142 Å². The molecule has 1 saturated heterocycles. The Labute approximate surface area is 193 Å². The van der Waals surface area contributed by atoms with E-state index in [1.807, 2.05) is 20.2 Å². The molecule has 0 saturated carbocycles. The van der Waals surface area contributed by atoms with Gasteiger partial charge in [0.15, 0.2) is 0 Å². The first-order chi connectivity index (χ1) is 15.6. The first-order valence-electron chi connectivity index (χ1n) is 10.7. The third kappa shape index (κ3) is 5.06. The molecule has 11 heteroatoms. The Morgan fingerprint density at radius 2 is 2.03 bits per heavy atom. The molecular weight excluding hydrogens is 442 g/mol. The molecule has 4 N–H and O–H groups in total. The highest BCUT2D eigenvalue weighted by Crippen LogP contribution is 2.31. The quantitative estimate of drug-likeness (QED) is 0.548. The van der Waals surface area contributed by atoms with Crippen molar-refractivity contribution >= 4 is 15.8 Å². The number of nitrogens with two attached hydrogens (primary N) is 2. The minimum Gasteiger partial charge on any atom is -0.382 e. The number of likely N-dealkylation sites (N-methyl/N-ethyl adjacent to an activating group) is 1. The molecule has 1 aromatic carbocycles. The van der Waals surface area contributed by atoms with Crippen molar-refractivity contribution in [3.05, 3.63) is 41.9 Å². The zero-order valence-electron chi connectivity index (χ0n) is 19.0. The van der Waals surface area contributed by atoms with Gasteiger partial charge in [-0.05, 0) is 44.5 Å². The van der Waals surface area contributed by atoms with E-state index in [4.69, 9.17) is 20.6 Å². The van der Waals surface area contributed by atoms with Gasteiger partial charge >= 0.3 is 0 Å². The van der Waals surface area contributed by atoms with Crippen molar-refractivity contribution in [3.8, 4) is 22.5 Å². The van der Waals surface area contributed by atoms with Gasteiger partial charge in [0, 0.05) is 37.0 Å². The second-order valence-electron chi connectivity index (χ2n) is 8.40. The number of morpholine rings is 1. The number of hydrogen-bond acceptors (Lipinski definition) is 8. The minimum atomic E-state index is -3.88. The minimum absolute atomic E-state index is 0.0251. The number of primary sulfonamides is 1. The number of hydrogen-bond donors (Lipinski definition) is 2. The Balaban J connectivity index is 1.76. The maximum atomic E-state index is 12.1. The first-order valence-corrected chi connectivity index (χ1v) is 12.3. The molecule has 10 nitrogen and oxygen atoms in total. The Hall–Kier alpha value is -2.86. The standard InChI is InChI=1S/C22H29N7O3S/c1-14-19(12-29(3)27-14)21-22(23)25-11-20(26-21)18-10-17(33(24,30)31)7-5-15(18)4-6-16-13-32-9-8-28(16)2/h5,7,10-12,16H,4,6,8-9,13H2,1-3H3,(H2,23,25)(H2,24,30,31). The van der Waals surface area contributed by atoms with Gasteiger partial charge < -0.3 is 10.5 Å². The molecule has 1 fully saturated rings. The molecule has 3 aromatic rings. The van der Waals surface area contributed by atoms with Crippen molar-refractivity contribution in [2.45, 2.75) is 30.7 Å². The van der Waals surface area contributed by atoms with E-state index in [2.05, 4.69) is 22.0 Å². The largest absolute Gasteiger partial charge is 0.382 e. The van der Waals surface area contributed by atoms with Gasteiger partial charge in [0.2, 0.25) is 10.0 Å². The highest BCUT2D eigenvalue weighted by molar-refractivity contribution is 7.89. The van der Waals surface area contributed by atoms with Gasteiger partial charge in [-0.25, -0.2) is 23.5 Å². The SMILES string of the molecule is Cc1nn(C)cc1-c1nc(-c2cc(S(N)(=O)=O)ccc2CCC2COCCN2C)cnc1N. The van der Waals surface area contributed by atoms with Crippen LogP contribution in [0.25, 0.3) is 22.5 Å². The molecule has 176 valence electrons. The number of anilines is 1. The number of aryl methyl sites for hydroxylation is 3. The fourth-order valence-electron chi connectivity index (χ4n) is 4.11. The van der Waals surface area contributed by atoms with E-state index in [1.54, 1.807) is 23.0 Å². The van der Waals surface area contributed by atoms with E-state index >= 15 is 0 Å². The monoisotopic (exact) mass is 471 g/mol. The molecule has 0 amide bonds. The Kier molecular flexibility index (Phi) is 6.48. The first kappa shape index (κ1) is 23.3. The number of aromatic nitrogens is 4. The summed E-state index contributed by atoms with van der Waals surface area (Å²) in [4.78, 5) is 11.4. The van der Waals surface area contributed by atoms with Crippen molar-refractivity contribution in [2.24, 2.45) is 12.2 Å². The molecule has 33 heavy (non-hydrogen) atoms. The Bertz CT molecular complexity index is 1270. The van der Waals surface area contributed by atoms with Crippen LogP contribution in [0, 0.1) is 6.92 Å².